The Bertz CT molecular complexity index is 646. The number of ether oxygens (including phenoxy) is 1. The Kier molecular flexibility index (Phi) is 5.88. The van der Waals surface area contributed by atoms with Gasteiger partial charge >= 0.3 is 12.1 Å². The lowest BCUT2D eigenvalue weighted by atomic mass is 9.75. The molecule has 1 unspecified atom stereocenters. The molecule has 26 heavy (non-hydrogen) atoms. The number of hydrogen-bond donors (Lipinski definition) is 1. The van der Waals surface area contributed by atoms with Crippen LogP contribution < -0.4 is 0 Å². The molecule has 144 valence electrons. The van der Waals surface area contributed by atoms with Gasteiger partial charge in [0.1, 0.15) is 17.1 Å². The van der Waals surface area contributed by atoms with E-state index in [1.807, 2.05) is 0 Å². The number of amides is 1. The average molecular weight is 369 g/mol. The van der Waals surface area contributed by atoms with Crippen LogP contribution in [0.3, 0.4) is 0 Å². The molecule has 1 heterocycles. The van der Waals surface area contributed by atoms with Gasteiger partial charge in [0, 0.05) is 19.0 Å². The molecule has 1 aromatic carbocycles. The predicted octanol–water partition coefficient (Wildman–Crippen LogP) is 4.12. The maximum atomic E-state index is 15.6. The van der Waals surface area contributed by atoms with Gasteiger partial charge in [0.05, 0.1) is 6.42 Å². The van der Waals surface area contributed by atoms with E-state index in [0.29, 0.717) is 5.56 Å². The molecule has 0 spiro atoms. The molecule has 0 radical (unpaired) electrons. The third-order valence-electron chi connectivity index (χ3n) is 4.52. The van der Waals surface area contributed by atoms with Gasteiger partial charge in [0.2, 0.25) is 0 Å². The molecule has 1 aromatic rings. The normalized spacial score (nSPS) is 18.3. The van der Waals surface area contributed by atoms with Crippen molar-refractivity contribution in [2.24, 2.45) is 0 Å². The van der Waals surface area contributed by atoms with Crippen LogP contribution in [0.15, 0.2) is 24.3 Å². The lowest BCUT2D eigenvalue weighted by Crippen LogP contribution is -2.48. The Morgan fingerprint density at radius 2 is 1.77 bits per heavy atom. The van der Waals surface area contributed by atoms with E-state index in [-0.39, 0.29) is 25.9 Å². The second-order valence-corrected chi connectivity index (χ2v) is 7.70. The highest BCUT2D eigenvalue weighted by Gasteiger charge is 2.44. The first-order valence-corrected chi connectivity index (χ1v) is 8.64. The predicted molar refractivity (Wildman–Crippen MR) is 92.3 cm³/mol. The van der Waals surface area contributed by atoms with Crippen LogP contribution in [-0.2, 0) is 9.53 Å². The fourth-order valence-electron chi connectivity index (χ4n) is 3.21. The standard InChI is InChI=1S/C19H25F2NO4/c1-18(2,3)26-17(25)22-10-8-19(21,9-11-22)15(12-16(23)24)13-4-6-14(20)7-5-13/h4-7,15H,8-12H2,1-3H3,(H,23,24). The highest BCUT2D eigenvalue weighted by molar-refractivity contribution is 5.69. The number of benzene rings is 1. The number of alkyl halides is 1. The zero-order chi connectivity index (χ0) is 19.5. The summed E-state index contributed by atoms with van der Waals surface area (Å²) < 4.78 is 34.1. The molecule has 2 rings (SSSR count). The van der Waals surface area contributed by atoms with Gasteiger partial charge in [-0.25, -0.2) is 13.6 Å². The molecule has 7 heteroatoms. The number of aliphatic carboxylic acids is 1. The van der Waals surface area contributed by atoms with Crippen LogP contribution >= 0.6 is 0 Å². The van der Waals surface area contributed by atoms with Gasteiger partial charge in [-0.05, 0) is 51.3 Å². The average Bonchev–Trinajstić information content (AvgIpc) is 2.52. The van der Waals surface area contributed by atoms with E-state index in [4.69, 9.17) is 4.74 Å². The number of carboxylic acids is 1. The topological polar surface area (TPSA) is 66.8 Å². The van der Waals surface area contributed by atoms with Crippen LogP contribution in [0.5, 0.6) is 0 Å². The fourth-order valence-corrected chi connectivity index (χ4v) is 3.21. The van der Waals surface area contributed by atoms with Gasteiger partial charge in [0.15, 0.2) is 0 Å². The van der Waals surface area contributed by atoms with Crippen molar-refractivity contribution in [3.8, 4) is 0 Å². The molecule has 1 saturated heterocycles. The van der Waals surface area contributed by atoms with Crippen LogP contribution in [0.2, 0.25) is 0 Å². The van der Waals surface area contributed by atoms with Crippen molar-refractivity contribution in [2.45, 2.75) is 57.2 Å². The number of likely N-dealkylation sites (tertiary alicyclic amines) is 1. The van der Waals surface area contributed by atoms with Crippen molar-refractivity contribution < 1.29 is 28.2 Å². The molecular weight excluding hydrogens is 344 g/mol. The number of carbonyl (C=O) groups is 2. The number of carbonyl (C=O) groups excluding carboxylic acids is 1. The number of rotatable bonds is 4. The van der Waals surface area contributed by atoms with Gasteiger partial charge in [-0.1, -0.05) is 12.1 Å². The summed E-state index contributed by atoms with van der Waals surface area (Å²) in [7, 11) is 0. The molecule has 0 aliphatic carbocycles. The molecule has 1 fully saturated rings. The summed E-state index contributed by atoms with van der Waals surface area (Å²) in [6.45, 7) is 5.55. The number of carboxylic acid groups (broad SMARTS) is 1. The highest BCUT2D eigenvalue weighted by atomic mass is 19.1. The first-order chi connectivity index (χ1) is 12.0. The minimum atomic E-state index is -1.78. The summed E-state index contributed by atoms with van der Waals surface area (Å²) in [6.07, 6.45) is -0.895. The molecule has 0 saturated carbocycles. The first-order valence-electron chi connectivity index (χ1n) is 8.64. The van der Waals surface area contributed by atoms with E-state index in [2.05, 4.69) is 0 Å². The van der Waals surface area contributed by atoms with Crippen LogP contribution in [-0.4, -0.2) is 46.4 Å². The van der Waals surface area contributed by atoms with Crippen molar-refractivity contribution in [3.05, 3.63) is 35.6 Å². The van der Waals surface area contributed by atoms with Crippen molar-refractivity contribution in [1.29, 1.82) is 0 Å². The number of piperidine rings is 1. The van der Waals surface area contributed by atoms with Crippen LogP contribution in [0.25, 0.3) is 0 Å². The summed E-state index contributed by atoms with van der Waals surface area (Å²) in [5, 5.41) is 9.19. The molecule has 1 N–H and O–H groups in total. The Morgan fingerprint density at radius 1 is 1.23 bits per heavy atom. The summed E-state index contributed by atoms with van der Waals surface area (Å²) in [5.41, 5.74) is -1.97. The monoisotopic (exact) mass is 369 g/mol. The molecule has 5 nitrogen and oxygen atoms in total. The Morgan fingerprint density at radius 3 is 2.23 bits per heavy atom. The van der Waals surface area contributed by atoms with E-state index < -0.39 is 41.5 Å². The van der Waals surface area contributed by atoms with E-state index in [9.17, 15) is 19.1 Å². The lowest BCUT2D eigenvalue weighted by Gasteiger charge is -2.41. The van der Waals surface area contributed by atoms with Crippen LogP contribution in [0, 0.1) is 5.82 Å². The maximum absolute atomic E-state index is 15.6. The highest BCUT2D eigenvalue weighted by Crippen LogP contribution is 2.42. The van der Waals surface area contributed by atoms with E-state index in [1.165, 1.54) is 29.2 Å². The second-order valence-electron chi connectivity index (χ2n) is 7.70. The smallest absolute Gasteiger partial charge is 0.410 e. The zero-order valence-electron chi connectivity index (χ0n) is 15.3. The summed E-state index contributed by atoms with van der Waals surface area (Å²) >= 11 is 0. The van der Waals surface area contributed by atoms with Crippen molar-refractivity contribution in [1.82, 2.24) is 4.90 Å². The molecule has 1 atom stereocenters. The van der Waals surface area contributed by atoms with E-state index in [1.54, 1.807) is 20.8 Å². The van der Waals surface area contributed by atoms with E-state index >= 15 is 4.39 Å². The Labute approximate surface area is 151 Å². The summed E-state index contributed by atoms with van der Waals surface area (Å²) in [5.74, 6) is -2.48. The first kappa shape index (κ1) is 20.1. The van der Waals surface area contributed by atoms with Crippen molar-refractivity contribution >= 4 is 12.1 Å². The molecule has 1 aliphatic heterocycles. The van der Waals surface area contributed by atoms with Crippen molar-refractivity contribution in [2.75, 3.05) is 13.1 Å². The van der Waals surface area contributed by atoms with E-state index in [0.717, 1.165) is 0 Å². The van der Waals surface area contributed by atoms with Gasteiger partial charge in [-0.15, -0.1) is 0 Å². The van der Waals surface area contributed by atoms with Gasteiger partial charge in [0.25, 0.3) is 0 Å². The lowest BCUT2D eigenvalue weighted by molar-refractivity contribution is -0.139. The second kappa shape index (κ2) is 7.60. The van der Waals surface area contributed by atoms with Gasteiger partial charge < -0.3 is 14.7 Å². The quantitative estimate of drug-likeness (QED) is 0.867. The summed E-state index contributed by atoms with van der Waals surface area (Å²) in [6, 6.07) is 5.24. The largest absolute Gasteiger partial charge is 0.481 e. The molecular formula is C19H25F2NO4. The zero-order valence-corrected chi connectivity index (χ0v) is 15.3. The molecule has 0 bridgehead atoms. The molecule has 1 amide bonds. The van der Waals surface area contributed by atoms with Gasteiger partial charge in [-0.3, -0.25) is 4.79 Å². The van der Waals surface area contributed by atoms with Crippen LogP contribution in [0.1, 0.15) is 51.5 Å². The Balaban J connectivity index is 2.13. The Hall–Kier alpha value is -2.18. The third kappa shape index (κ3) is 5.16. The SMILES string of the molecule is CC(C)(C)OC(=O)N1CCC(F)(C(CC(=O)O)c2ccc(F)cc2)CC1. The van der Waals surface area contributed by atoms with Gasteiger partial charge in [-0.2, -0.15) is 0 Å². The number of hydrogen-bond acceptors (Lipinski definition) is 3. The fraction of sp³-hybridized carbons (Fsp3) is 0.579. The molecule has 0 aromatic heterocycles. The van der Waals surface area contributed by atoms with Crippen molar-refractivity contribution in [3.63, 3.8) is 0 Å². The molecule has 1 aliphatic rings. The summed E-state index contributed by atoms with van der Waals surface area (Å²) in [4.78, 5) is 24.8. The number of nitrogens with zero attached hydrogens (tertiary/aromatic N) is 1. The minimum Gasteiger partial charge on any atom is -0.481 e. The number of halogens is 2. The minimum absolute atomic E-state index is 0.00155. The van der Waals surface area contributed by atoms with Crippen LogP contribution in [0.4, 0.5) is 13.6 Å². The maximum Gasteiger partial charge on any atom is 0.410 e. The third-order valence-corrected chi connectivity index (χ3v) is 4.52.